The van der Waals surface area contributed by atoms with Gasteiger partial charge < -0.3 is 15.7 Å². The number of aliphatic hydroxyl groups is 1. The van der Waals surface area contributed by atoms with E-state index in [9.17, 15) is 18.7 Å². The monoisotopic (exact) mass is 506 g/mol. The van der Waals surface area contributed by atoms with Crippen molar-refractivity contribution in [2.24, 2.45) is 5.41 Å². The number of halogens is 2. The summed E-state index contributed by atoms with van der Waals surface area (Å²) in [6.07, 6.45) is 6.72. The van der Waals surface area contributed by atoms with Gasteiger partial charge in [-0.2, -0.15) is 5.10 Å². The van der Waals surface area contributed by atoms with Crippen LogP contribution >= 0.6 is 0 Å². The number of hydrogen-bond donors (Lipinski definition) is 3. The van der Waals surface area contributed by atoms with Gasteiger partial charge in [-0.15, -0.1) is 0 Å². The summed E-state index contributed by atoms with van der Waals surface area (Å²) in [4.78, 5) is 12.3. The Kier molecular flexibility index (Phi) is 6.40. The number of nitrogens with zero attached hydrogens (tertiary/aromatic N) is 2. The predicted octanol–water partition coefficient (Wildman–Crippen LogP) is 5.78. The molecule has 5 rings (SSSR count). The average molecular weight is 507 g/mol. The van der Waals surface area contributed by atoms with E-state index in [2.05, 4.69) is 28.7 Å². The van der Waals surface area contributed by atoms with E-state index >= 15 is 0 Å². The Labute approximate surface area is 215 Å². The fourth-order valence-corrected chi connectivity index (χ4v) is 5.79. The number of fused-ring (bicyclic) bond motifs is 2. The molecule has 1 saturated carbocycles. The van der Waals surface area contributed by atoms with Crippen molar-refractivity contribution in [3.05, 3.63) is 82.7 Å². The zero-order valence-corrected chi connectivity index (χ0v) is 21.3. The number of carbonyl (C=O) groups excluding carboxylic acids is 1. The second kappa shape index (κ2) is 9.41. The zero-order chi connectivity index (χ0) is 26.4. The van der Waals surface area contributed by atoms with E-state index in [1.807, 2.05) is 24.7 Å². The minimum absolute atomic E-state index is 0.0804. The highest BCUT2D eigenvalue weighted by Crippen LogP contribution is 2.57. The van der Waals surface area contributed by atoms with Crippen molar-refractivity contribution in [3.8, 4) is 5.69 Å². The summed E-state index contributed by atoms with van der Waals surface area (Å²) < 4.78 is 29.9. The topological polar surface area (TPSA) is 79.2 Å². The van der Waals surface area contributed by atoms with Crippen LogP contribution < -0.4 is 10.6 Å². The van der Waals surface area contributed by atoms with E-state index in [4.69, 9.17) is 0 Å². The summed E-state index contributed by atoms with van der Waals surface area (Å²) in [5.74, 6) is -0.800. The molecule has 2 aromatic carbocycles. The Bertz CT molecular complexity index is 1360. The van der Waals surface area contributed by atoms with Gasteiger partial charge in [-0.25, -0.2) is 18.3 Å². The third-order valence-electron chi connectivity index (χ3n) is 7.92. The standard InChI is InChI=1S/C29H32F2N4O2/c1-18(2)33-27(36)34-26-19(5-4-6-24(26)31)11-13-29(37)14-12-21-15-25-20(16-28(21,29)3)17-32-35(25)23-9-7-22(30)8-10-23/h4-10,15,17-18,37H,11-14,16H2,1-3H3,(H2,33,34,36)/t28-,29-/m0/s1. The number of carbonyl (C=O) groups is 1. The normalized spacial score (nSPS) is 22.4. The Morgan fingerprint density at radius 3 is 2.68 bits per heavy atom. The number of aromatic nitrogens is 2. The van der Waals surface area contributed by atoms with Crippen LogP contribution in [-0.2, 0) is 12.8 Å². The maximum atomic E-state index is 14.7. The van der Waals surface area contributed by atoms with Crippen LogP contribution in [0.25, 0.3) is 11.8 Å². The van der Waals surface area contributed by atoms with Crippen molar-refractivity contribution >= 4 is 17.8 Å². The highest BCUT2D eigenvalue weighted by Gasteiger charge is 2.54. The minimum atomic E-state index is -1.00. The Morgan fingerprint density at radius 1 is 1.19 bits per heavy atom. The van der Waals surface area contributed by atoms with Gasteiger partial charge in [-0.1, -0.05) is 24.6 Å². The van der Waals surface area contributed by atoms with Crippen LogP contribution in [0.1, 0.15) is 56.9 Å². The second-order valence-corrected chi connectivity index (χ2v) is 10.7. The maximum absolute atomic E-state index is 14.7. The number of anilines is 1. The quantitative estimate of drug-likeness (QED) is 0.396. The number of hydrogen-bond acceptors (Lipinski definition) is 3. The molecule has 2 atom stereocenters. The summed E-state index contributed by atoms with van der Waals surface area (Å²) in [5, 5.41) is 21.9. The van der Waals surface area contributed by atoms with Crippen molar-refractivity contribution in [1.82, 2.24) is 15.1 Å². The lowest BCUT2D eigenvalue weighted by Gasteiger charge is -2.42. The number of nitrogens with one attached hydrogen (secondary N) is 2. The van der Waals surface area contributed by atoms with E-state index in [1.54, 1.807) is 24.3 Å². The van der Waals surface area contributed by atoms with Gasteiger partial charge in [0, 0.05) is 11.5 Å². The van der Waals surface area contributed by atoms with Crippen molar-refractivity contribution < 1.29 is 18.7 Å². The third-order valence-corrected chi connectivity index (χ3v) is 7.92. The first-order valence-corrected chi connectivity index (χ1v) is 12.7. The second-order valence-electron chi connectivity index (χ2n) is 10.7. The van der Waals surface area contributed by atoms with Gasteiger partial charge in [-0.3, -0.25) is 0 Å². The first-order valence-electron chi connectivity index (χ1n) is 12.7. The lowest BCUT2D eigenvalue weighted by Crippen LogP contribution is -2.45. The minimum Gasteiger partial charge on any atom is -0.389 e. The molecule has 6 nitrogen and oxygen atoms in total. The molecule has 37 heavy (non-hydrogen) atoms. The molecule has 194 valence electrons. The van der Waals surface area contributed by atoms with Crippen molar-refractivity contribution in [1.29, 1.82) is 0 Å². The van der Waals surface area contributed by atoms with Crippen LogP contribution in [0.15, 0.2) is 54.2 Å². The van der Waals surface area contributed by atoms with E-state index in [0.717, 1.165) is 28.9 Å². The molecule has 0 radical (unpaired) electrons. The summed E-state index contributed by atoms with van der Waals surface area (Å²) in [6, 6.07) is 10.4. The zero-order valence-electron chi connectivity index (χ0n) is 21.3. The molecule has 0 aliphatic heterocycles. The van der Waals surface area contributed by atoms with Crippen LogP contribution in [0, 0.1) is 17.0 Å². The van der Waals surface area contributed by atoms with Crippen LogP contribution in [-0.4, -0.2) is 32.6 Å². The number of amides is 2. The largest absolute Gasteiger partial charge is 0.389 e. The lowest BCUT2D eigenvalue weighted by molar-refractivity contribution is -0.0461. The molecule has 2 aliphatic rings. The average Bonchev–Trinajstić information content (AvgIpc) is 3.35. The molecule has 0 unspecified atom stereocenters. The molecule has 2 amide bonds. The molecule has 3 N–H and O–H groups in total. The first-order chi connectivity index (χ1) is 17.6. The van der Waals surface area contributed by atoms with E-state index in [-0.39, 0.29) is 17.5 Å². The van der Waals surface area contributed by atoms with Gasteiger partial charge >= 0.3 is 6.03 Å². The predicted molar refractivity (Wildman–Crippen MR) is 140 cm³/mol. The van der Waals surface area contributed by atoms with E-state index in [1.165, 1.54) is 18.2 Å². The number of urea groups is 1. The summed E-state index contributed by atoms with van der Waals surface area (Å²) >= 11 is 0. The lowest BCUT2D eigenvalue weighted by atomic mass is 9.65. The first kappa shape index (κ1) is 25.1. The van der Waals surface area contributed by atoms with Crippen LogP contribution in [0.2, 0.25) is 0 Å². The van der Waals surface area contributed by atoms with Gasteiger partial charge in [0.2, 0.25) is 0 Å². The molecular weight excluding hydrogens is 474 g/mol. The van der Waals surface area contributed by atoms with Crippen molar-refractivity contribution in [2.75, 3.05) is 5.32 Å². The fourth-order valence-electron chi connectivity index (χ4n) is 5.79. The molecule has 2 aliphatic carbocycles. The summed E-state index contributed by atoms with van der Waals surface area (Å²) in [7, 11) is 0. The number of aryl methyl sites for hydroxylation is 1. The molecule has 1 heterocycles. The third kappa shape index (κ3) is 4.55. The van der Waals surface area contributed by atoms with E-state index < -0.39 is 22.9 Å². The van der Waals surface area contributed by atoms with Gasteiger partial charge in [0.05, 0.1) is 28.9 Å². The smallest absolute Gasteiger partial charge is 0.319 e. The van der Waals surface area contributed by atoms with Gasteiger partial charge in [0.25, 0.3) is 0 Å². The highest BCUT2D eigenvalue weighted by atomic mass is 19.1. The van der Waals surface area contributed by atoms with Crippen LogP contribution in [0.3, 0.4) is 0 Å². The molecule has 1 fully saturated rings. The fraction of sp³-hybridized carbons (Fsp3) is 0.379. The molecule has 0 saturated heterocycles. The maximum Gasteiger partial charge on any atom is 0.319 e. The highest BCUT2D eigenvalue weighted by molar-refractivity contribution is 5.90. The van der Waals surface area contributed by atoms with Gasteiger partial charge in [-0.05, 0) is 93.5 Å². The summed E-state index contributed by atoms with van der Waals surface area (Å²) in [6.45, 7) is 5.76. The number of rotatable bonds is 6. The Balaban J connectivity index is 1.38. The molecule has 8 heteroatoms. The number of benzene rings is 2. The molecule has 0 bridgehead atoms. The SMILES string of the molecule is CC(C)NC(=O)Nc1c(F)cccc1CC[C@]1(O)CCC2=Cc3c(cnn3-c3ccc(F)cc3)C[C@@]21C. The van der Waals surface area contributed by atoms with Crippen LogP contribution in [0.5, 0.6) is 0 Å². The van der Waals surface area contributed by atoms with Crippen LogP contribution in [0.4, 0.5) is 19.3 Å². The molecule has 1 aromatic heterocycles. The number of para-hydroxylation sites is 1. The van der Waals surface area contributed by atoms with Gasteiger partial charge in [0.1, 0.15) is 11.6 Å². The van der Waals surface area contributed by atoms with Crippen molar-refractivity contribution in [2.45, 2.75) is 64.5 Å². The van der Waals surface area contributed by atoms with Gasteiger partial charge in [0.15, 0.2) is 0 Å². The summed E-state index contributed by atoms with van der Waals surface area (Å²) in [5.41, 5.74) is 3.21. The molecule has 3 aromatic rings. The van der Waals surface area contributed by atoms with Crippen molar-refractivity contribution in [3.63, 3.8) is 0 Å². The van der Waals surface area contributed by atoms with E-state index in [0.29, 0.717) is 31.2 Å². The Hall–Kier alpha value is -3.52. The molecule has 0 spiro atoms. The Morgan fingerprint density at radius 2 is 1.95 bits per heavy atom. The molecular formula is C29H32F2N4O2.